The van der Waals surface area contributed by atoms with Crippen LogP contribution in [0.4, 0.5) is 0 Å². The van der Waals surface area contributed by atoms with Crippen molar-refractivity contribution in [1.29, 1.82) is 0 Å². The Hall–Kier alpha value is -1.49. The van der Waals surface area contributed by atoms with Crippen molar-refractivity contribution < 1.29 is 4.42 Å². The van der Waals surface area contributed by atoms with Crippen LogP contribution in [0.5, 0.6) is 0 Å². The summed E-state index contributed by atoms with van der Waals surface area (Å²) in [6.45, 7) is 0.669. The molecule has 1 aromatic rings. The summed E-state index contributed by atoms with van der Waals surface area (Å²) in [7, 11) is 1.93. The quantitative estimate of drug-likeness (QED) is 0.332. The normalized spacial score (nSPS) is 16.5. The highest BCUT2D eigenvalue weighted by Gasteiger charge is 2.22. The Kier molecular flexibility index (Phi) is 2.91. The number of rotatable bonds is 3. The Morgan fingerprint density at radius 3 is 3.07 bits per heavy atom. The monoisotopic (exact) mass is 208 g/mol. The van der Waals surface area contributed by atoms with Crippen LogP contribution in [-0.4, -0.2) is 23.9 Å². The Balaban J connectivity index is 1.95. The van der Waals surface area contributed by atoms with E-state index in [-0.39, 0.29) is 0 Å². The van der Waals surface area contributed by atoms with Crippen LogP contribution >= 0.6 is 0 Å². The maximum Gasteiger partial charge on any atom is 0.208 e. The Morgan fingerprint density at radius 2 is 2.53 bits per heavy atom. The molecule has 1 aliphatic carbocycles. The molecule has 1 heterocycles. The van der Waals surface area contributed by atoms with Gasteiger partial charge in [-0.25, -0.2) is 10.8 Å². The maximum absolute atomic E-state index is 5.43. The first-order valence-corrected chi connectivity index (χ1v) is 5.07. The SMILES string of the molecule is CN(Cc1ccco1)C(=NC1CC1)NN. The second kappa shape index (κ2) is 4.35. The summed E-state index contributed by atoms with van der Waals surface area (Å²) in [6, 6.07) is 4.26. The largest absolute Gasteiger partial charge is 0.467 e. The van der Waals surface area contributed by atoms with E-state index in [0.717, 1.165) is 5.76 Å². The third-order valence-corrected chi connectivity index (χ3v) is 2.32. The second-order valence-electron chi connectivity index (χ2n) is 3.76. The molecule has 5 nitrogen and oxygen atoms in total. The molecule has 1 saturated carbocycles. The maximum atomic E-state index is 5.43. The number of hydrazine groups is 1. The molecule has 3 N–H and O–H groups in total. The van der Waals surface area contributed by atoms with Crippen molar-refractivity contribution in [1.82, 2.24) is 10.3 Å². The zero-order valence-corrected chi connectivity index (χ0v) is 8.81. The highest BCUT2D eigenvalue weighted by Crippen LogP contribution is 2.23. The van der Waals surface area contributed by atoms with Crippen molar-refractivity contribution in [3.8, 4) is 0 Å². The van der Waals surface area contributed by atoms with Gasteiger partial charge in [-0.1, -0.05) is 0 Å². The first-order chi connectivity index (χ1) is 7.29. The summed E-state index contributed by atoms with van der Waals surface area (Å²) in [6.07, 6.45) is 4.00. The predicted molar refractivity (Wildman–Crippen MR) is 58.0 cm³/mol. The van der Waals surface area contributed by atoms with Gasteiger partial charge < -0.3 is 9.32 Å². The van der Waals surface area contributed by atoms with Crippen LogP contribution < -0.4 is 11.3 Å². The summed E-state index contributed by atoms with van der Waals surface area (Å²) in [5, 5.41) is 0. The average Bonchev–Trinajstić information content (AvgIpc) is 2.91. The van der Waals surface area contributed by atoms with E-state index in [9.17, 15) is 0 Å². The van der Waals surface area contributed by atoms with Crippen molar-refractivity contribution in [2.24, 2.45) is 10.8 Å². The molecule has 0 radical (unpaired) electrons. The van der Waals surface area contributed by atoms with E-state index in [0.29, 0.717) is 18.5 Å². The zero-order valence-electron chi connectivity index (χ0n) is 8.81. The molecule has 0 unspecified atom stereocenters. The summed E-state index contributed by atoms with van der Waals surface area (Å²) in [4.78, 5) is 6.39. The van der Waals surface area contributed by atoms with Gasteiger partial charge in [-0.05, 0) is 25.0 Å². The molecular formula is C10H16N4O. The summed E-state index contributed by atoms with van der Waals surface area (Å²) < 4.78 is 5.25. The fourth-order valence-electron chi connectivity index (χ4n) is 1.33. The molecule has 82 valence electrons. The van der Waals surface area contributed by atoms with Gasteiger partial charge in [0.2, 0.25) is 5.96 Å². The molecule has 5 heteroatoms. The highest BCUT2D eigenvalue weighted by molar-refractivity contribution is 5.79. The second-order valence-corrected chi connectivity index (χ2v) is 3.76. The first-order valence-electron chi connectivity index (χ1n) is 5.07. The van der Waals surface area contributed by atoms with Gasteiger partial charge >= 0.3 is 0 Å². The summed E-state index contributed by atoms with van der Waals surface area (Å²) in [5.74, 6) is 7.04. The van der Waals surface area contributed by atoms with Gasteiger partial charge in [0.25, 0.3) is 0 Å². The van der Waals surface area contributed by atoms with E-state index in [2.05, 4.69) is 10.4 Å². The van der Waals surface area contributed by atoms with Crippen LogP contribution in [0.3, 0.4) is 0 Å². The van der Waals surface area contributed by atoms with Gasteiger partial charge in [0, 0.05) is 7.05 Å². The minimum absolute atomic E-state index is 0.454. The van der Waals surface area contributed by atoms with Gasteiger partial charge in [0.05, 0.1) is 18.8 Å². The number of hydrogen-bond donors (Lipinski definition) is 2. The number of guanidine groups is 1. The number of aliphatic imine (C=N–C) groups is 1. The molecule has 1 aromatic heterocycles. The molecule has 0 saturated heterocycles. The lowest BCUT2D eigenvalue weighted by atomic mass is 10.4. The van der Waals surface area contributed by atoms with Crippen LogP contribution in [0.1, 0.15) is 18.6 Å². The lowest BCUT2D eigenvalue weighted by Crippen LogP contribution is -2.42. The third-order valence-electron chi connectivity index (χ3n) is 2.32. The topological polar surface area (TPSA) is 66.8 Å². The minimum Gasteiger partial charge on any atom is -0.467 e. The van der Waals surface area contributed by atoms with Crippen LogP contribution in [0, 0.1) is 0 Å². The number of nitrogens with one attached hydrogen (secondary N) is 1. The van der Waals surface area contributed by atoms with Gasteiger partial charge in [-0.2, -0.15) is 0 Å². The number of nitrogens with two attached hydrogens (primary N) is 1. The first kappa shape index (κ1) is 10.0. The van der Waals surface area contributed by atoms with Crippen molar-refractivity contribution in [3.05, 3.63) is 24.2 Å². The van der Waals surface area contributed by atoms with Crippen molar-refractivity contribution >= 4 is 5.96 Å². The minimum atomic E-state index is 0.454. The van der Waals surface area contributed by atoms with Gasteiger partial charge in [-0.3, -0.25) is 5.43 Å². The highest BCUT2D eigenvalue weighted by atomic mass is 16.3. The summed E-state index contributed by atoms with van der Waals surface area (Å²) >= 11 is 0. The fourth-order valence-corrected chi connectivity index (χ4v) is 1.33. The van der Waals surface area contributed by atoms with E-state index in [4.69, 9.17) is 10.3 Å². The Morgan fingerprint density at radius 1 is 1.73 bits per heavy atom. The molecule has 2 rings (SSSR count). The van der Waals surface area contributed by atoms with Crippen LogP contribution in [0.15, 0.2) is 27.8 Å². The molecule has 0 bridgehead atoms. The molecule has 1 fully saturated rings. The third kappa shape index (κ3) is 2.73. The average molecular weight is 208 g/mol. The lowest BCUT2D eigenvalue weighted by Gasteiger charge is -2.19. The Labute approximate surface area is 88.9 Å². The van der Waals surface area contributed by atoms with Crippen molar-refractivity contribution in [2.45, 2.75) is 25.4 Å². The van der Waals surface area contributed by atoms with E-state index in [1.807, 2.05) is 24.1 Å². The van der Waals surface area contributed by atoms with E-state index >= 15 is 0 Å². The smallest absolute Gasteiger partial charge is 0.208 e. The molecule has 0 aromatic carbocycles. The van der Waals surface area contributed by atoms with Gasteiger partial charge in [0.15, 0.2) is 0 Å². The molecule has 0 atom stereocenters. The van der Waals surface area contributed by atoms with Crippen LogP contribution in [0.25, 0.3) is 0 Å². The molecule has 0 spiro atoms. The number of furan rings is 1. The predicted octanol–water partition coefficient (Wildman–Crippen LogP) is 0.693. The molecule has 0 aliphatic heterocycles. The molecule has 0 amide bonds. The van der Waals surface area contributed by atoms with Crippen LogP contribution in [-0.2, 0) is 6.54 Å². The zero-order chi connectivity index (χ0) is 10.7. The summed E-state index contributed by atoms with van der Waals surface area (Å²) in [5.41, 5.74) is 2.62. The standard InChI is InChI=1S/C10H16N4O/c1-14(7-9-3-2-6-15-9)10(13-11)12-8-4-5-8/h2-3,6,8H,4-5,7,11H2,1H3,(H,12,13). The van der Waals surface area contributed by atoms with Crippen molar-refractivity contribution in [3.63, 3.8) is 0 Å². The molecular weight excluding hydrogens is 192 g/mol. The number of nitrogens with zero attached hydrogens (tertiary/aromatic N) is 2. The lowest BCUT2D eigenvalue weighted by molar-refractivity contribution is 0.400. The molecule has 15 heavy (non-hydrogen) atoms. The van der Waals surface area contributed by atoms with Gasteiger partial charge in [-0.15, -0.1) is 0 Å². The van der Waals surface area contributed by atoms with Crippen molar-refractivity contribution in [2.75, 3.05) is 7.05 Å². The molecule has 1 aliphatic rings. The van der Waals surface area contributed by atoms with Gasteiger partial charge in [0.1, 0.15) is 5.76 Å². The Bertz CT molecular complexity index is 329. The van der Waals surface area contributed by atoms with E-state index in [1.54, 1.807) is 6.26 Å². The number of hydrogen-bond acceptors (Lipinski definition) is 3. The fraction of sp³-hybridized carbons (Fsp3) is 0.500. The van der Waals surface area contributed by atoms with E-state index in [1.165, 1.54) is 12.8 Å². The van der Waals surface area contributed by atoms with E-state index < -0.39 is 0 Å². The van der Waals surface area contributed by atoms with Crippen LogP contribution in [0.2, 0.25) is 0 Å².